The molecule has 34 heavy (non-hydrogen) atoms. The van der Waals surface area contributed by atoms with Crippen LogP contribution in [0, 0.1) is 0 Å². The van der Waals surface area contributed by atoms with Gasteiger partial charge in [0, 0.05) is 41.0 Å². The average Bonchev–Trinajstić information content (AvgIpc) is 3.18. The predicted molar refractivity (Wildman–Crippen MR) is 126 cm³/mol. The van der Waals surface area contributed by atoms with Gasteiger partial charge >= 0.3 is 0 Å². The second-order valence-corrected chi connectivity index (χ2v) is 10.6. The minimum absolute atomic E-state index is 0.0127. The summed E-state index contributed by atoms with van der Waals surface area (Å²) in [4.78, 5) is 25.3. The lowest BCUT2D eigenvalue weighted by molar-refractivity contribution is -0.124. The van der Waals surface area contributed by atoms with Crippen LogP contribution in [0.5, 0.6) is 5.75 Å². The van der Waals surface area contributed by atoms with Crippen LogP contribution in [0.25, 0.3) is 10.8 Å². The Kier molecular flexibility index (Phi) is 5.78. The largest absolute Gasteiger partial charge is 0.308 e. The molecule has 3 aromatic rings. The third kappa shape index (κ3) is 4.14. The van der Waals surface area contributed by atoms with Crippen LogP contribution in [-0.4, -0.2) is 53.8 Å². The Hall–Kier alpha value is -3.37. The molecule has 176 valence electrons. The molecular formula is C24H23FN4O4S. The summed E-state index contributed by atoms with van der Waals surface area (Å²) in [5.74, 6) is 0.0675. The molecule has 8 nitrogen and oxygen atoms in total. The Balaban J connectivity index is 1.27. The van der Waals surface area contributed by atoms with E-state index in [-0.39, 0.29) is 43.3 Å². The zero-order valence-corrected chi connectivity index (χ0v) is 19.1. The predicted octanol–water partition coefficient (Wildman–Crippen LogP) is 2.78. The standard InChI is InChI=1S/C24H23FN4O4S/c25-33-20-6-2-4-18(15-20)22-27-23(30)24(28-22)9-12-29(13-10-24)34(31,32)14-8-17-3-1-5-19-16-26-11-7-21(17)19/h1-7,11,15-16H,8-10,12-14H2,(H,27,28,30). The van der Waals surface area contributed by atoms with Crippen LogP contribution in [-0.2, 0) is 21.2 Å². The number of carbonyl (C=O) groups is 1. The number of amidine groups is 1. The first-order valence-corrected chi connectivity index (χ1v) is 12.6. The van der Waals surface area contributed by atoms with Crippen molar-refractivity contribution in [2.45, 2.75) is 24.8 Å². The number of nitrogens with zero attached hydrogens (tertiary/aromatic N) is 3. The van der Waals surface area contributed by atoms with E-state index in [1.807, 2.05) is 24.3 Å². The average molecular weight is 483 g/mol. The number of aliphatic imine (C=N–C) groups is 1. The Labute approximate surface area is 196 Å². The van der Waals surface area contributed by atoms with Crippen LogP contribution in [0.4, 0.5) is 4.53 Å². The number of sulfonamides is 1. The van der Waals surface area contributed by atoms with Crippen LogP contribution < -0.4 is 10.3 Å². The molecule has 2 aliphatic heterocycles. The van der Waals surface area contributed by atoms with Crippen molar-refractivity contribution in [3.8, 4) is 5.75 Å². The number of piperidine rings is 1. The van der Waals surface area contributed by atoms with E-state index >= 15 is 0 Å². The second-order valence-electron chi connectivity index (χ2n) is 8.53. The van der Waals surface area contributed by atoms with Crippen molar-refractivity contribution >= 4 is 32.5 Å². The molecule has 1 spiro atoms. The highest BCUT2D eigenvalue weighted by Gasteiger charge is 2.47. The number of rotatable bonds is 6. The zero-order valence-electron chi connectivity index (χ0n) is 18.3. The van der Waals surface area contributed by atoms with Gasteiger partial charge in [-0.3, -0.25) is 19.7 Å². The maximum Gasteiger partial charge on any atom is 0.253 e. The highest BCUT2D eigenvalue weighted by molar-refractivity contribution is 7.89. The molecule has 1 saturated heterocycles. The summed E-state index contributed by atoms with van der Waals surface area (Å²) in [5, 5.41) is 4.73. The molecule has 0 aliphatic carbocycles. The minimum atomic E-state index is -3.51. The van der Waals surface area contributed by atoms with Gasteiger partial charge in [0.05, 0.1) is 5.75 Å². The summed E-state index contributed by atoms with van der Waals surface area (Å²) >= 11 is 0. The van der Waals surface area contributed by atoms with Crippen molar-refractivity contribution in [1.82, 2.24) is 14.6 Å². The minimum Gasteiger partial charge on any atom is -0.308 e. The van der Waals surface area contributed by atoms with E-state index in [1.165, 1.54) is 16.4 Å². The molecule has 2 aromatic carbocycles. The van der Waals surface area contributed by atoms with E-state index in [1.54, 1.807) is 24.5 Å². The van der Waals surface area contributed by atoms with Gasteiger partial charge in [-0.05, 0) is 48.4 Å². The van der Waals surface area contributed by atoms with E-state index in [2.05, 4.69) is 20.2 Å². The van der Waals surface area contributed by atoms with E-state index in [4.69, 9.17) is 0 Å². The highest BCUT2D eigenvalue weighted by Crippen LogP contribution is 2.32. The first-order valence-electron chi connectivity index (χ1n) is 11.0. The van der Waals surface area contributed by atoms with E-state index in [9.17, 15) is 17.7 Å². The lowest BCUT2D eigenvalue weighted by Gasteiger charge is -2.34. The molecular weight excluding hydrogens is 459 g/mol. The first-order chi connectivity index (χ1) is 16.4. The second kappa shape index (κ2) is 8.77. The maximum atomic E-state index is 13.1. The number of hydrogen-bond donors (Lipinski definition) is 1. The molecule has 1 amide bonds. The third-order valence-corrected chi connectivity index (χ3v) is 8.39. The number of aryl methyl sites for hydroxylation is 1. The summed E-state index contributed by atoms with van der Waals surface area (Å²) in [6.07, 6.45) is 4.41. The number of carbonyl (C=O) groups excluding carboxylic acids is 1. The normalized spacial score (nSPS) is 18.1. The summed E-state index contributed by atoms with van der Waals surface area (Å²) in [6.45, 7) is 0.416. The van der Waals surface area contributed by atoms with E-state index < -0.39 is 15.6 Å². The van der Waals surface area contributed by atoms with Gasteiger partial charge in [0.2, 0.25) is 10.0 Å². The van der Waals surface area contributed by atoms with Crippen molar-refractivity contribution < 1.29 is 22.7 Å². The van der Waals surface area contributed by atoms with E-state index in [0.29, 0.717) is 17.8 Å². The highest BCUT2D eigenvalue weighted by atomic mass is 32.2. The molecule has 0 bridgehead atoms. The molecule has 3 heterocycles. The Bertz CT molecular complexity index is 1380. The lowest BCUT2D eigenvalue weighted by Crippen LogP contribution is -2.50. The van der Waals surface area contributed by atoms with Crippen molar-refractivity contribution in [3.63, 3.8) is 0 Å². The number of nitrogens with one attached hydrogen (secondary N) is 1. The topological polar surface area (TPSA) is 101 Å². The van der Waals surface area contributed by atoms with Gasteiger partial charge in [-0.25, -0.2) is 12.7 Å². The van der Waals surface area contributed by atoms with Crippen LogP contribution in [0.3, 0.4) is 0 Å². The first kappa shape index (κ1) is 22.4. The zero-order chi connectivity index (χ0) is 23.8. The fraction of sp³-hybridized carbons (Fsp3) is 0.292. The molecule has 1 aromatic heterocycles. The maximum absolute atomic E-state index is 13.1. The number of benzene rings is 2. The number of amides is 1. The lowest BCUT2D eigenvalue weighted by atomic mass is 9.89. The van der Waals surface area contributed by atoms with Gasteiger partial charge in [-0.2, -0.15) is 0 Å². The molecule has 1 fully saturated rings. The van der Waals surface area contributed by atoms with E-state index in [0.717, 1.165) is 16.3 Å². The summed E-state index contributed by atoms with van der Waals surface area (Å²) in [7, 11) is -3.51. The van der Waals surface area contributed by atoms with Crippen molar-refractivity contribution in [1.29, 1.82) is 0 Å². The number of halogens is 1. The summed E-state index contributed by atoms with van der Waals surface area (Å²) in [5.41, 5.74) is 0.470. The van der Waals surface area contributed by atoms with Gasteiger partial charge in [-0.15, -0.1) is 0 Å². The smallest absolute Gasteiger partial charge is 0.253 e. The van der Waals surface area contributed by atoms with Crippen molar-refractivity contribution in [2.24, 2.45) is 4.99 Å². The third-order valence-electron chi connectivity index (χ3n) is 6.52. The van der Waals surface area contributed by atoms with Gasteiger partial charge < -0.3 is 5.32 Å². The fourth-order valence-corrected chi connectivity index (χ4v) is 6.07. The number of pyridine rings is 1. The Morgan fingerprint density at radius 3 is 2.71 bits per heavy atom. The van der Waals surface area contributed by atoms with Gasteiger partial charge in [0.25, 0.3) is 5.91 Å². The van der Waals surface area contributed by atoms with Gasteiger partial charge in [0.15, 0.2) is 5.75 Å². The number of aromatic nitrogens is 1. The monoisotopic (exact) mass is 482 g/mol. The van der Waals surface area contributed by atoms with Crippen LogP contribution in [0.2, 0.25) is 0 Å². The van der Waals surface area contributed by atoms with Gasteiger partial charge in [-0.1, -0.05) is 30.3 Å². The van der Waals surface area contributed by atoms with Crippen molar-refractivity contribution in [2.75, 3.05) is 18.8 Å². The van der Waals surface area contributed by atoms with Crippen LogP contribution >= 0.6 is 0 Å². The SMILES string of the molecule is O=C1NC(c2cccc(OF)c2)=NC12CCN(S(=O)(=O)CCc1cccc3cnccc13)CC2. The Morgan fingerprint density at radius 1 is 1.12 bits per heavy atom. The molecule has 10 heteroatoms. The molecule has 2 aliphatic rings. The number of fused-ring (bicyclic) bond motifs is 1. The molecule has 5 rings (SSSR count). The molecule has 0 unspecified atom stereocenters. The summed E-state index contributed by atoms with van der Waals surface area (Å²) in [6, 6.07) is 13.9. The quantitative estimate of drug-likeness (QED) is 0.582. The number of hydrogen-bond acceptors (Lipinski definition) is 6. The van der Waals surface area contributed by atoms with Gasteiger partial charge in [0.1, 0.15) is 11.4 Å². The Morgan fingerprint density at radius 2 is 1.91 bits per heavy atom. The van der Waals surface area contributed by atoms with Crippen LogP contribution in [0.1, 0.15) is 24.0 Å². The molecule has 1 N–H and O–H groups in total. The fourth-order valence-electron chi connectivity index (χ4n) is 4.59. The van der Waals surface area contributed by atoms with Crippen LogP contribution in [0.15, 0.2) is 65.9 Å². The molecule has 0 radical (unpaired) electrons. The molecule has 0 atom stereocenters. The van der Waals surface area contributed by atoms with Crippen molar-refractivity contribution in [3.05, 3.63) is 72.1 Å². The summed E-state index contributed by atoms with van der Waals surface area (Å²) < 4.78 is 40.1. The molecule has 0 saturated carbocycles.